The molecule has 0 spiro atoms. The number of carbonyl (C=O) groups is 3. The number of hydrogen-bond donors (Lipinski definition) is 1. The topological polar surface area (TPSA) is 112 Å². The Morgan fingerprint density at radius 1 is 1.17 bits per heavy atom. The van der Waals surface area contributed by atoms with Gasteiger partial charge in [0.1, 0.15) is 11.6 Å². The molecule has 9 heteroatoms. The third kappa shape index (κ3) is 4.75. The van der Waals surface area contributed by atoms with Crippen LogP contribution >= 0.6 is 0 Å². The number of amides is 1. The zero-order valence-corrected chi connectivity index (χ0v) is 16.0. The minimum absolute atomic E-state index is 0.187. The second-order valence-corrected chi connectivity index (χ2v) is 6.26. The van der Waals surface area contributed by atoms with E-state index in [2.05, 4.69) is 15.4 Å². The molecule has 1 N–H and O–H groups in total. The summed E-state index contributed by atoms with van der Waals surface area (Å²) in [6.45, 7) is 1.10. The van der Waals surface area contributed by atoms with E-state index in [-0.39, 0.29) is 12.0 Å². The molecule has 0 aliphatic rings. The third-order valence-electron chi connectivity index (χ3n) is 4.21. The fraction of sp³-hybridized carbons (Fsp3) is 0.250. The molecule has 0 fully saturated rings. The summed E-state index contributed by atoms with van der Waals surface area (Å²) in [5.41, 5.74) is 1.82. The van der Waals surface area contributed by atoms with Gasteiger partial charge in [0.05, 0.1) is 12.8 Å². The number of nitrogens with zero attached hydrogens (tertiary/aromatic N) is 3. The van der Waals surface area contributed by atoms with Gasteiger partial charge in [0.2, 0.25) is 0 Å². The van der Waals surface area contributed by atoms with Crippen LogP contribution in [0.1, 0.15) is 21.6 Å². The molecule has 0 saturated carbocycles. The SMILES string of the molecule is COC(=O)C(Cc1ccccc1)NC(=O)COC(=O)c1c(C)nn2cccnc12. The van der Waals surface area contributed by atoms with Crippen molar-refractivity contribution in [1.82, 2.24) is 19.9 Å². The number of fused-ring (bicyclic) bond motifs is 1. The van der Waals surface area contributed by atoms with Gasteiger partial charge in [-0.3, -0.25) is 4.79 Å². The van der Waals surface area contributed by atoms with Crippen LogP contribution in [0.5, 0.6) is 0 Å². The number of nitrogens with one attached hydrogen (secondary N) is 1. The van der Waals surface area contributed by atoms with Crippen LogP contribution in [0.3, 0.4) is 0 Å². The van der Waals surface area contributed by atoms with Crippen molar-refractivity contribution in [2.24, 2.45) is 0 Å². The fourth-order valence-electron chi connectivity index (χ4n) is 2.86. The van der Waals surface area contributed by atoms with Crippen LogP contribution in [0.15, 0.2) is 48.8 Å². The van der Waals surface area contributed by atoms with Crippen LogP contribution in [-0.2, 0) is 25.5 Å². The molecule has 2 aromatic heterocycles. The molecule has 3 rings (SSSR count). The molecule has 1 atom stereocenters. The van der Waals surface area contributed by atoms with Crippen molar-refractivity contribution in [3.8, 4) is 0 Å². The van der Waals surface area contributed by atoms with E-state index in [1.165, 1.54) is 17.8 Å². The molecule has 1 unspecified atom stereocenters. The summed E-state index contributed by atoms with van der Waals surface area (Å²) in [7, 11) is 1.24. The summed E-state index contributed by atoms with van der Waals surface area (Å²) in [6.07, 6.45) is 3.44. The van der Waals surface area contributed by atoms with Crippen molar-refractivity contribution >= 4 is 23.5 Å². The number of aryl methyl sites for hydroxylation is 1. The lowest BCUT2D eigenvalue weighted by atomic mass is 10.1. The predicted octanol–water partition coefficient (Wildman–Crippen LogP) is 1.10. The maximum atomic E-state index is 12.4. The Labute approximate surface area is 166 Å². The highest BCUT2D eigenvalue weighted by Crippen LogP contribution is 2.14. The Morgan fingerprint density at radius 2 is 1.93 bits per heavy atom. The number of rotatable bonds is 7. The first-order valence-corrected chi connectivity index (χ1v) is 8.87. The largest absolute Gasteiger partial charge is 0.467 e. The van der Waals surface area contributed by atoms with Crippen molar-refractivity contribution in [3.63, 3.8) is 0 Å². The molecular formula is C20H20N4O5. The summed E-state index contributed by atoms with van der Waals surface area (Å²) in [4.78, 5) is 40.8. The molecule has 29 heavy (non-hydrogen) atoms. The molecule has 1 aromatic carbocycles. The van der Waals surface area contributed by atoms with Crippen LogP contribution < -0.4 is 5.32 Å². The van der Waals surface area contributed by atoms with Gasteiger partial charge < -0.3 is 14.8 Å². The maximum Gasteiger partial charge on any atom is 0.344 e. The van der Waals surface area contributed by atoms with Gasteiger partial charge in [0, 0.05) is 18.8 Å². The fourth-order valence-corrected chi connectivity index (χ4v) is 2.86. The van der Waals surface area contributed by atoms with E-state index in [0.29, 0.717) is 11.3 Å². The van der Waals surface area contributed by atoms with Crippen LogP contribution in [0.4, 0.5) is 0 Å². The quantitative estimate of drug-likeness (QED) is 0.595. The van der Waals surface area contributed by atoms with Crippen molar-refractivity contribution in [2.75, 3.05) is 13.7 Å². The number of methoxy groups -OCH3 is 1. The van der Waals surface area contributed by atoms with Gasteiger partial charge in [-0.25, -0.2) is 19.1 Å². The van der Waals surface area contributed by atoms with Gasteiger partial charge in [-0.15, -0.1) is 0 Å². The molecule has 150 valence electrons. The van der Waals surface area contributed by atoms with E-state index < -0.39 is 30.5 Å². The zero-order valence-electron chi connectivity index (χ0n) is 16.0. The minimum Gasteiger partial charge on any atom is -0.467 e. The summed E-state index contributed by atoms with van der Waals surface area (Å²) in [5.74, 6) is -1.92. The van der Waals surface area contributed by atoms with Crippen molar-refractivity contribution in [3.05, 3.63) is 65.6 Å². The Morgan fingerprint density at radius 3 is 2.66 bits per heavy atom. The van der Waals surface area contributed by atoms with Crippen LogP contribution in [-0.4, -0.2) is 52.2 Å². The lowest BCUT2D eigenvalue weighted by molar-refractivity contribution is -0.145. The minimum atomic E-state index is -0.894. The molecule has 0 radical (unpaired) electrons. The number of hydrogen-bond acceptors (Lipinski definition) is 7. The van der Waals surface area contributed by atoms with E-state index in [4.69, 9.17) is 9.47 Å². The van der Waals surface area contributed by atoms with E-state index in [9.17, 15) is 14.4 Å². The van der Waals surface area contributed by atoms with Gasteiger partial charge in [-0.05, 0) is 18.6 Å². The van der Waals surface area contributed by atoms with Gasteiger partial charge in [0.25, 0.3) is 5.91 Å². The highest BCUT2D eigenvalue weighted by atomic mass is 16.5. The average molecular weight is 396 g/mol. The molecule has 1 amide bonds. The summed E-state index contributed by atoms with van der Waals surface area (Å²) in [5, 5.41) is 6.72. The molecule has 2 heterocycles. The summed E-state index contributed by atoms with van der Waals surface area (Å²) >= 11 is 0. The van der Waals surface area contributed by atoms with E-state index in [1.807, 2.05) is 30.3 Å². The van der Waals surface area contributed by atoms with Crippen LogP contribution in [0, 0.1) is 6.92 Å². The number of esters is 2. The van der Waals surface area contributed by atoms with E-state index in [1.54, 1.807) is 19.2 Å². The number of ether oxygens (including phenoxy) is 2. The lowest BCUT2D eigenvalue weighted by Crippen LogP contribution is -2.44. The Balaban J connectivity index is 1.63. The van der Waals surface area contributed by atoms with E-state index in [0.717, 1.165) is 5.56 Å². The Hall–Kier alpha value is -3.75. The van der Waals surface area contributed by atoms with Gasteiger partial charge in [-0.1, -0.05) is 30.3 Å². The average Bonchev–Trinajstić information content (AvgIpc) is 3.07. The first-order valence-electron chi connectivity index (χ1n) is 8.87. The molecule has 3 aromatic rings. The normalized spacial score (nSPS) is 11.7. The second kappa shape index (κ2) is 8.96. The third-order valence-corrected chi connectivity index (χ3v) is 4.21. The number of benzene rings is 1. The van der Waals surface area contributed by atoms with Crippen molar-refractivity contribution in [2.45, 2.75) is 19.4 Å². The molecular weight excluding hydrogens is 376 g/mol. The molecule has 0 saturated heterocycles. The molecule has 9 nitrogen and oxygen atoms in total. The highest BCUT2D eigenvalue weighted by molar-refractivity contribution is 5.98. The first-order chi connectivity index (χ1) is 14.0. The number of carbonyl (C=O) groups excluding carboxylic acids is 3. The zero-order chi connectivity index (χ0) is 20.8. The van der Waals surface area contributed by atoms with E-state index >= 15 is 0 Å². The van der Waals surface area contributed by atoms with Gasteiger partial charge >= 0.3 is 11.9 Å². The summed E-state index contributed by atoms with van der Waals surface area (Å²) < 4.78 is 11.3. The van der Waals surface area contributed by atoms with Crippen molar-refractivity contribution < 1.29 is 23.9 Å². The molecule has 0 aliphatic heterocycles. The van der Waals surface area contributed by atoms with Crippen LogP contribution in [0.2, 0.25) is 0 Å². The first kappa shape index (κ1) is 20.0. The monoisotopic (exact) mass is 396 g/mol. The van der Waals surface area contributed by atoms with Gasteiger partial charge in [-0.2, -0.15) is 5.10 Å². The highest BCUT2D eigenvalue weighted by Gasteiger charge is 2.24. The Kier molecular flexibility index (Phi) is 6.18. The standard InChI is InChI=1S/C20H20N4O5/c1-13-17(18-21-9-6-10-24(18)23-13)20(27)29-12-16(25)22-15(19(26)28-2)11-14-7-4-3-5-8-14/h3-10,15H,11-12H2,1-2H3,(H,22,25). The summed E-state index contributed by atoms with van der Waals surface area (Å²) in [6, 6.07) is 9.98. The smallest absolute Gasteiger partial charge is 0.344 e. The number of aromatic nitrogens is 3. The van der Waals surface area contributed by atoms with Gasteiger partial charge in [0.15, 0.2) is 12.3 Å². The second-order valence-electron chi connectivity index (χ2n) is 6.26. The molecule has 0 bridgehead atoms. The maximum absolute atomic E-state index is 12.4. The molecule has 0 aliphatic carbocycles. The predicted molar refractivity (Wildman–Crippen MR) is 102 cm³/mol. The lowest BCUT2D eigenvalue weighted by Gasteiger charge is -2.16. The van der Waals surface area contributed by atoms with Crippen LogP contribution in [0.25, 0.3) is 5.65 Å². The van der Waals surface area contributed by atoms with Crippen molar-refractivity contribution in [1.29, 1.82) is 0 Å². The Bertz CT molecular complexity index is 1030.